The van der Waals surface area contributed by atoms with Crippen LogP contribution >= 0.6 is 0 Å². The SMILES string of the molecule is Cc1ccccc1C(=O)Nc1cccc(-n2nnnc2C)c1. The Labute approximate surface area is 127 Å². The Morgan fingerprint density at radius 1 is 1.09 bits per heavy atom. The first kappa shape index (κ1) is 13.9. The van der Waals surface area contributed by atoms with Crippen molar-refractivity contribution in [1.29, 1.82) is 0 Å². The van der Waals surface area contributed by atoms with Gasteiger partial charge in [-0.1, -0.05) is 24.3 Å². The molecule has 0 unspecified atom stereocenters. The van der Waals surface area contributed by atoms with Crippen LogP contribution in [-0.4, -0.2) is 26.1 Å². The highest BCUT2D eigenvalue weighted by Gasteiger charge is 2.10. The first-order chi connectivity index (χ1) is 10.6. The maximum atomic E-state index is 12.3. The van der Waals surface area contributed by atoms with Gasteiger partial charge in [0.05, 0.1) is 5.69 Å². The highest BCUT2D eigenvalue weighted by Crippen LogP contribution is 2.16. The van der Waals surface area contributed by atoms with E-state index >= 15 is 0 Å². The van der Waals surface area contributed by atoms with Crippen molar-refractivity contribution in [3.63, 3.8) is 0 Å². The lowest BCUT2D eigenvalue weighted by Crippen LogP contribution is -2.13. The molecule has 1 heterocycles. The summed E-state index contributed by atoms with van der Waals surface area (Å²) in [7, 11) is 0. The summed E-state index contributed by atoms with van der Waals surface area (Å²) in [6.45, 7) is 3.73. The fourth-order valence-corrected chi connectivity index (χ4v) is 2.21. The Balaban J connectivity index is 1.86. The average Bonchev–Trinajstić information content (AvgIpc) is 2.94. The van der Waals surface area contributed by atoms with Gasteiger partial charge in [-0.3, -0.25) is 4.79 Å². The van der Waals surface area contributed by atoms with Crippen LogP contribution in [0.15, 0.2) is 48.5 Å². The molecule has 22 heavy (non-hydrogen) atoms. The van der Waals surface area contributed by atoms with E-state index in [1.807, 2.05) is 56.3 Å². The Morgan fingerprint density at radius 2 is 1.91 bits per heavy atom. The largest absolute Gasteiger partial charge is 0.322 e. The van der Waals surface area contributed by atoms with Crippen LogP contribution in [0.3, 0.4) is 0 Å². The second kappa shape index (κ2) is 5.77. The van der Waals surface area contributed by atoms with Gasteiger partial charge < -0.3 is 5.32 Å². The van der Waals surface area contributed by atoms with Crippen molar-refractivity contribution in [1.82, 2.24) is 20.2 Å². The summed E-state index contributed by atoms with van der Waals surface area (Å²) in [6.07, 6.45) is 0. The lowest BCUT2D eigenvalue weighted by atomic mass is 10.1. The van der Waals surface area contributed by atoms with Crippen LogP contribution in [0, 0.1) is 13.8 Å². The van der Waals surface area contributed by atoms with Crippen LogP contribution < -0.4 is 5.32 Å². The third kappa shape index (κ3) is 2.71. The van der Waals surface area contributed by atoms with Gasteiger partial charge in [0, 0.05) is 11.3 Å². The van der Waals surface area contributed by atoms with E-state index in [9.17, 15) is 4.79 Å². The fraction of sp³-hybridized carbons (Fsp3) is 0.125. The van der Waals surface area contributed by atoms with Gasteiger partial charge >= 0.3 is 0 Å². The normalized spacial score (nSPS) is 10.5. The van der Waals surface area contributed by atoms with E-state index in [0.717, 1.165) is 11.3 Å². The zero-order valence-electron chi connectivity index (χ0n) is 12.3. The van der Waals surface area contributed by atoms with Crippen molar-refractivity contribution in [2.75, 3.05) is 5.32 Å². The molecule has 0 aliphatic carbocycles. The number of hydrogen-bond acceptors (Lipinski definition) is 4. The van der Waals surface area contributed by atoms with Crippen LogP contribution in [0.4, 0.5) is 5.69 Å². The van der Waals surface area contributed by atoms with E-state index in [-0.39, 0.29) is 5.91 Å². The zero-order valence-corrected chi connectivity index (χ0v) is 12.3. The number of amides is 1. The van der Waals surface area contributed by atoms with Crippen molar-refractivity contribution in [3.8, 4) is 5.69 Å². The molecule has 0 aliphatic rings. The number of aryl methyl sites for hydroxylation is 2. The molecule has 3 rings (SSSR count). The summed E-state index contributed by atoms with van der Waals surface area (Å²) in [5, 5.41) is 14.3. The number of benzene rings is 2. The molecular weight excluding hydrogens is 278 g/mol. The van der Waals surface area contributed by atoms with Gasteiger partial charge in [-0.15, -0.1) is 5.10 Å². The summed E-state index contributed by atoms with van der Waals surface area (Å²) in [6, 6.07) is 14.9. The molecule has 0 radical (unpaired) electrons. The molecule has 0 saturated heterocycles. The van der Waals surface area contributed by atoms with Crippen molar-refractivity contribution < 1.29 is 4.79 Å². The van der Waals surface area contributed by atoms with Gasteiger partial charge in [0.2, 0.25) is 0 Å². The lowest BCUT2D eigenvalue weighted by molar-refractivity contribution is 0.102. The second-order valence-corrected chi connectivity index (χ2v) is 4.96. The second-order valence-electron chi connectivity index (χ2n) is 4.96. The molecule has 2 aromatic carbocycles. The Hall–Kier alpha value is -3.02. The standard InChI is InChI=1S/C16H15N5O/c1-11-6-3-4-9-15(11)16(22)17-13-7-5-8-14(10-13)21-12(2)18-19-20-21/h3-10H,1-2H3,(H,17,22). The monoisotopic (exact) mass is 293 g/mol. The summed E-state index contributed by atoms with van der Waals surface area (Å²) in [5.74, 6) is 0.547. The highest BCUT2D eigenvalue weighted by atomic mass is 16.1. The molecule has 6 heteroatoms. The van der Waals surface area contributed by atoms with E-state index in [1.54, 1.807) is 10.7 Å². The van der Waals surface area contributed by atoms with Gasteiger partial charge in [0.1, 0.15) is 0 Å². The molecule has 0 spiro atoms. The molecule has 0 aliphatic heterocycles. The van der Waals surface area contributed by atoms with Crippen LogP contribution in [0.2, 0.25) is 0 Å². The topological polar surface area (TPSA) is 72.7 Å². The molecule has 6 nitrogen and oxygen atoms in total. The zero-order chi connectivity index (χ0) is 15.5. The van der Waals surface area contributed by atoms with Gasteiger partial charge in [-0.2, -0.15) is 4.68 Å². The smallest absolute Gasteiger partial charge is 0.255 e. The summed E-state index contributed by atoms with van der Waals surface area (Å²) in [4.78, 5) is 12.3. The molecule has 110 valence electrons. The average molecular weight is 293 g/mol. The molecule has 0 atom stereocenters. The Kier molecular flexibility index (Phi) is 3.65. The minimum absolute atomic E-state index is 0.135. The molecule has 3 aromatic rings. The predicted molar refractivity (Wildman–Crippen MR) is 83.0 cm³/mol. The third-order valence-electron chi connectivity index (χ3n) is 3.36. The van der Waals surface area contributed by atoms with E-state index in [1.165, 1.54) is 0 Å². The van der Waals surface area contributed by atoms with Crippen molar-refractivity contribution in [2.24, 2.45) is 0 Å². The third-order valence-corrected chi connectivity index (χ3v) is 3.36. The van der Waals surface area contributed by atoms with Gasteiger partial charge in [0.15, 0.2) is 5.82 Å². The van der Waals surface area contributed by atoms with E-state index in [0.29, 0.717) is 17.1 Å². The number of anilines is 1. The van der Waals surface area contributed by atoms with Crippen molar-refractivity contribution >= 4 is 11.6 Å². The van der Waals surface area contributed by atoms with Gasteiger partial charge in [-0.25, -0.2) is 0 Å². The first-order valence-corrected chi connectivity index (χ1v) is 6.87. The quantitative estimate of drug-likeness (QED) is 0.805. The Morgan fingerprint density at radius 3 is 2.64 bits per heavy atom. The van der Waals surface area contributed by atoms with Crippen LogP contribution in [0.25, 0.3) is 5.69 Å². The maximum Gasteiger partial charge on any atom is 0.255 e. The number of rotatable bonds is 3. The van der Waals surface area contributed by atoms with Gasteiger partial charge in [-0.05, 0) is 54.1 Å². The minimum atomic E-state index is -0.135. The number of aromatic nitrogens is 4. The molecular formula is C16H15N5O. The number of hydrogen-bond donors (Lipinski definition) is 1. The summed E-state index contributed by atoms with van der Waals surface area (Å²) in [5.41, 5.74) is 3.09. The number of carbonyl (C=O) groups is 1. The van der Waals surface area contributed by atoms with Crippen molar-refractivity contribution in [3.05, 3.63) is 65.5 Å². The minimum Gasteiger partial charge on any atom is -0.322 e. The lowest BCUT2D eigenvalue weighted by Gasteiger charge is -2.09. The van der Waals surface area contributed by atoms with E-state index in [4.69, 9.17) is 0 Å². The molecule has 1 amide bonds. The Bertz CT molecular complexity index is 825. The molecule has 0 bridgehead atoms. The van der Waals surface area contributed by atoms with Crippen LogP contribution in [-0.2, 0) is 0 Å². The van der Waals surface area contributed by atoms with E-state index < -0.39 is 0 Å². The first-order valence-electron chi connectivity index (χ1n) is 6.87. The highest BCUT2D eigenvalue weighted by molar-refractivity contribution is 6.05. The van der Waals surface area contributed by atoms with Crippen LogP contribution in [0.5, 0.6) is 0 Å². The maximum absolute atomic E-state index is 12.3. The number of carbonyl (C=O) groups excluding carboxylic acids is 1. The molecule has 0 fully saturated rings. The fourth-order valence-electron chi connectivity index (χ4n) is 2.21. The van der Waals surface area contributed by atoms with Crippen molar-refractivity contribution in [2.45, 2.75) is 13.8 Å². The molecule has 1 N–H and O–H groups in total. The van der Waals surface area contributed by atoms with Gasteiger partial charge in [0.25, 0.3) is 5.91 Å². The molecule has 0 saturated carbocycles. The number of tetrazole rings is 1. The predicted octanol–water partition coefficient (Wildman–Crippen LogP) is 2.53. The van der Waals surface area contributed by atoms with E-state index in [2.05, 4.69) is 20.8 Å². The van der Waals surface area contributed by atoms with Crippen LogP contribution in [0.1, 0.15) is 21.7 Å². The molecule has 1 aromatic heterocycles. The number of nitrogens with one attached hydrogen (secondary N) is 1. The summed E-state index contributed by atoms with van der Waals surface area (Å²) >= 11 is 0. The summed E-state index contributed by atoms with van der Waals surface area (Å²) < 4.78 is 1.61. The number of nitrogens with zero attached hydrogens (tertiary/aromatic N) is 4.